The molecule has 1 atom stereocenters. The highest BCUT2D eigenvalue weighted by atomic mass is 32.2. The van der Waals surface area contributed by atoms with Gasteiger partial charge in [0.15, 0.2) is 0 Å². The largest absolute Gasteiger partial charge is 0.399 e. The molecule has 4 nitrogen and oxygen atoms in total. The molecule has 98 valence electrons. The minimum atomic E-state index is -3.59. The molecule has 0 heterocycles. The lowest BCUT2D eigenvalue weighted by Gasteiger charge is -2.14. The molecule has 1 unspecified atom stereocenters. The number of sulfonamides is 1. The van der Waals surface area contributed by atoms with Gasteiger partial charge < -0.3 is 5.73 Å². The second kappa shape index (κ2) is 5.89. The molecule has 0 aliphatic heterocycles. The predicted molar refractivity (Wildman–Crippen MR) is 73.4 cm³/mol. The van der Waals surface area contributed by atoms with Crippen LogP contribution in [-0.4, -0.2) is 14.5 Å². The molecule has 1 aromatic rings. The summed E-state index contributed by atoms with van der Waals surface area (Å²) in [7, 11) is -3.59. The topological polar surface area (TPSA) is 72.2 Å². The molecule has 0 bridgehead atoms. The molecule has 0 fully saturated rings. The zero-order valence-corrected chi connectivity index (χ0v) is 11.4. The van der Waals surface area contributed by atoms with Crippen LogP contribution in [0.4, 0.5) is 5.69 Å². The summed E-state index contributed by atoms with van der Waals surface area (Å²) in [6, 6.07) is 4.20. The van der Waals surface area contributed by atoms with Crippen LogP contribution in [0.25, 0.3) is 0 Å². The Hall–Kier alpha value is -1.51. The lowest BCUT2D eigenvalue weighted by molar-refractivity contribution is 0.564. The number of nitrogens with one attached hydrogen (secondary N) is 1. The summed E-state index contributed by atoms with van der Waals surface area (Å²) >= 11 is 0. The zero-order valence-electron chi connectivity index (χ0n) is 10.6. The van der Waals surface area contributed by atoms with Gasteiger partial charge in [0.2, 0.25) is 10.0 Å². The Morgan fingerprint density at radius 1 is 1.50 bits per heavy atom. The fraction of sp³-hybridized carbons (Fsp3) is 0.385. The van der Waals surface area contributed by atoms with Crippen molar-refractivity contribution in [1.29, 1.82) is 0 Å². The Labute approximate surface area is 109 Å². The Balaban J connectivity index is 3.03. The molecule has 0 spiro atoms. The molecule has 18 heavy (non-hydrogen) atoms. The van der Waals surface area contributed by atoms with Crippen molar-refractivity contribution >= 4 is 15.7 Å². The van der Waals surface area contributed by atoms with Gasteiger partial charge in [0.25, 0.3) is 0 Å². The van der Waals surface area contributed by atoms with E-state index < -0.39 is 16.1 Å². The van der Waals surface area contributed by atoms with Crippen molar-refractivity contribution in [3.05, 3.63) is 23.8 Å². The third-order valence-corrected chi connectivity index (χ3v) is 4.20. The van der Waals surface area contributed by atoms with E-state index in [9.17, 15) is 8.42 Å². The van der Waals surface area contributed by atoms with Crippen molar-refractivity contribution < 1.29 is 8.42 Å². The van der Waals surface area contributed by atoms with E-state index in [0.717, 1.165) is 6.42 Å². The normalized spacial score (nSPS) is 12.9. The fourth-order valence-electron chi connectivity index (χ4n) is 1.69. The van der Waals surface area contributed by atoms with Crippen molar-refractivity contribution in [2.24, 2.45) is 0 Å². The van der Waals surface area contributed by atoms with Crippen LogP contribution >= 0.6 is 0 Å². The van der Waals surface area contributed by atoms with Crippen molar-refractivity contribution in [3.63, 3.8) is 0 Å². The van der Waals surface area contributed by atoms with E-state index in [1.165, 1.54) is 6.07 Å². The lowest BCUT2D eigenvalue weighted by Crippen LogP contribution is -2.34. The molecular weight excluding hydrogens is 248 g/mol. The second-order valence-electron chi connectivity index (χ2n) is 4.15. The third-order valence-electron chi connectivity index (χ3n) is 2.56. The summed E-state index contributed by atoms with van der Waals surface area (Å²) in [5.41, 5.74) is 6.74. The SMILES string of the molecule is C#CC(CCC)NS(=O)(=O)c1ccc(N)cc1C. The number of aryl methyl sites for hydroxylation is 1. The molecular formula is C13H18N2O2S. The first kappa shape index (κ1) is 14.6. The van der Waals surface area contributed by atoms with Gasteiger partial charge in [0.1, 0.15) is 0 Å². The zero-order chi connectivity index (χ0) is 13.8. The van der Waals surface area contributed by atoms with E-state index in [4.69, 9.17) is 12.2 Å². The van der Waals surface area contributed by atoms with Crippen molar-refractivity contribution in [2.45, 2.75) is 37.6 Å². The monoisotopic (exact) mass is 266 g/mol. The minimum Gasteiger partial charge on any atom is -0.399 e. The van der Waals surface area contributed by atoms with Gasteiger partial charge >= 0.3 is 0 Å². The van der Waals surface area contributed by atoms with Crippen LogP contribution in [0.2, 0.25) is 0 Å². The van der Waals surface area contributed by atoms with E-state index >= 15 is 0 Å². The van der Waals surface area contributed by atoms with Crippen molar-refractivity contribution in [1.82, 2.24) is 4.72 Å². The first-order valence-corrected chi connectivity index (χ1v) is 7.23. The lowest BCUT2D eigenvalue weighted by atomic mass is 10.2. The van der Waals surface area contributed by atoms with E-state index in [0.29, 0.717) is 17.7 Å². The van der Waals surface area contributed by atoms with Gasteiger partial charge in [-0.3, -0.25) is 0 Å². The summed E-state index contributed by atoms with van der Waals surface area (Å²) in [4.78, 5) is 0.216. The Bertz CT molecular complexity index is 559. The van der Waals surface area contributed by atoms with Gasteiger partial charge in [0, 0.05) is 5.69 Å². The van der Waals surface area contributed by atoms with E-state index in [2.05, 4.69) is 10.6 Å². The summed E-state index contributed by atoms with van der Waals surface area (Å²) < 4.78 is 26.8. The van der Waals surface area contributed by atoms with Gasteiger partial charge in [-0.25, -0.2) is 8.42 Å². The van der Waals surface area contributed by atoms with Crippen molar-refractivity contribution in [2.75, 3.05) is 5.73 Å². The summed E-state index contributed by atoms with van der Waals surface area (Å²) in [6.07, 6.45) is 6.74. The molecule has 1 rings (SSSR count). The minimum absolute atomic E-state index is 0.216. The Kier molecular flexibility index (Phi) is 4.76. The molecule has 3 N–H and O–H groups in total. The van der Waals surface area contributed by atoms with Gasteiger partial charge in [-0.1, -0.05) is 19.3 Å². The first-order valence-electron chi connectivity index (χ1n) is 5.75. The molecule has 5 heteroatoms. The van der Waals surface area contributed by atoms with Crippen molar-refractivity contribution in [3.8, 4) is 12.3 Å². The average Bonchev–Trinajstić information content (AvgIpc) is 2.27. The van der Waals surface area contributed by atoms with Crippen LogP contribution in [0.1, 0.15) is 25.3 Å². The maximum absolute atomic E-state index is 12.2. The Morgan fingerprint density at radius 2 is 2.17 bits per heavy atom. The highest BCUT2D eigenvalue weighted by Gasteiger charge is 2.20. The van der Waals surface area contributed by atoms with Gasteiger partial charge in [-0.05, 0) is 37.1 Å². The van der Waals surface area contributed by atoms with E-state index in [1.807, 2.05) is 6.92 Å². The van der Waals surface area contributed by atoms with Crippen LogP contribution in [0.15, 0.2) is 23.1 Å². The molecule has 0 aliphatic rings. The van der Waals surface area contributed by atoms with E-state index in [1.54, 1.807) is 19.1 Å². The maximum Gasteiger partial charge on any atom is 0.241 e. The van der Waals surface area contributed by atoms with Crippen LogP contribution in [0.3, 0.4) is 0 Å². The van der Waals surface area contributed by atoms with Crippen LogP contribution in [0, 0.1) is 19.3 Å². The number of rotatable bonds is 5. The summed E-state index contributed by atoms with van der Waals surface area (Å²) in [5, 5.41) is 0. The predicted octanol–water partition coefficient (Wildman–Crippen LogP) is 1.66. The van der Waals surface area contributed by atoms with Gasteiger partial charge in [-0.2, -0.15) is 4.72 Å². The Morgan fingerprint density at radius 3 is 2.67 bits per heavy atom. The number of hydrogen-bond donors (Lipinski definition) is 2. The molecule has 0 radical (unpaired) electrons. The van der Waals surface area contributed by atoms with Gasteiger partial charge in [-0.15, -0.1) is 6.42 Å². The number of benzene rings is 1. The molecule has 0 amide bonds. The third kappa shape index (κ3) is 3.49. The second-order valence-corrected chi connectivity index (χ2v) is 5.84. The number of terminal acetylenes is 1. The summed E-state index contributed by atoms with van der Waals surface area (Å²) in [5.74, 6) is 2.44. The molecule has 0 aliphatic carbocycles. The van der Waals surface area contributed by atoms with Crippen LogP contribution in [-0.2, 0) is 10.0 Å². The molecule has 0 saturated carbocycles. The smallest absolute Gasteiger partial charge is 0.241 e. The average molecular weight is 266 g/mol. The van der Waals surface area contributed by atoms with E-state index in [-0.39, 0.29) is 4.90 Å². The highest BCUT2D eigenvalue weighted by molar-refractivity contribution is 7.89. The number of nitrogen functional groups attached to an aromatic ring is 1. The number of hydrogen-bond acceptors (Lipinski definition) is 3. The summed E-state index contributed by atoms with van der Waals surface area (Å²) in [6.45, 7) is 3.66. The van der Waals surface area contributed by atoms with Gasteiger partial charge in [0.05, 0.1) is 10.9 Å². The number of nitrogens with two attached hydrogens (primary N) is 1. The number of anilines is 1. The van der Waals surface area contributed by atoms with Crippen LogP contribution < -0.4 is 10.5 Å². The quantitative estimate of drug-likeness (QED) is 0.629. The molecule has 0 aromatic heterocycles. The van der Waals surface area contributed by atoms with Crippen LogP contribution in [0.5, 0.6) is 0 Å². The maximum atomic E-state index is 12.2. The molecule has 1 aromatic carbocycles. The standard InChI is InChI=1S/C13H18N2O2S/c1-4-6-12(5-2)15-18(16,17)13-8-7-11(14)9-10(13)3/h2,7-9,12,15H,4,6,14H2,1,3H3. The fourth-order valence-corrected chi connectivity index (χ4v) is 3.11. The highest BCUT2D eigenvalue weighted by Crippen LogP contribution is 2.18. The molecule has 0 saturated heterocycles. The first-order chi connectivity index (χ1) is 8.40.